The van der Waals surface area contributed by atoms with Crippen molar-refractivity contribution < 1.29 is 15.0 Å². The third kappa shape index (κ3) is 1.70. The molecular formula is C7H13NO3. The molecule has 0 heterocycles. The topological polar surface area (TPSA) is 83.6 Å². The number of hydrogen-bond acceptors (Lipinski definition) is 3. The second-order valence-corrected chi connectivity index (χ2v) is 3.21. The number of rotatable bonds is 1. The van der Waals surface area contributed by atoms with Crippen LogP contribution < -0.4 is 5.73 Å². The van der Waals surface area contributed by atoms with Crippen molar-refractivity contribution in [3.8, 4) is 0 Å². The summed E-state index contributed by atoms with van der Waals surface area (Å²) in [5.41, 5.74) is 4.35. The van der Waals surface area contributed by atoms with E-state index in [1.807, 2.05) is 0 Å². The molecule has 0 aromatic heterocycles. The van der Waals surface area contributed by atoms with Crippen molar-refractivity contribution in [3.63, 3.8) is 0 Å². The summed E-state index contributed by atoms with van der Waals surface area (Å²) >= 11 is 0. The van der Waals surface area contributed by atoms with E-state index in [1.165, 1.54) is 0 Å². The molecule has 0 aliphatic heterocycles. The van der Waals surface area contributed by atoms with E-state index in [4.69, 9.17) is 15.9 Å². The molecule has 2 atom stereocenters. The number of hydrogen-bond donors (Lipinski definition) is 3. The van der Waals surface area contributed by atoms with E-state index in [-0.39, 0.29) is 6.42 Å². The van der Waals surface area contributed by atoms with Crippen LogP contribution in [0.2, 0.25) is 0 Å². The van der Waals surface area contributed by atoms with Gasteiger partial charge in [-0.2, -0.15) is 0 Å². The maximum absolute atomic E-state index is 10.6. The van der Waals surface area contributed by atoms with E-state index in [0.29, 0.717) is 19.3 Å². The monoisotopic (exact) mass is 159 g/mol. The van der Waals surface area contributed by atoms with Gasteiger partial charge in [0.1, 0.15) is 5.54 Å². The van der Waals surface area contributed by atoms with Crippen LogP contribution in [0.4, 0.5) is 0 Å². The number of nitrogens with two attached hydrogens (primary N) is 1. The highest BCUT2D eigenvalue weighted by Crippen LogP contribution is 2.26. The summed E-state index contributed by atoms with van der Waals surface area (Å²) in [5.74, 6) is -1.00. The molecule has 0 aromatic rings. The summed E-state index contributed by atoms with van der Waals surface area (Å²) in [6, 6.07) is 0. The molecule has 0 amide bonds. The van der Waals surface area contributed by atoms with Gasteiger partial charge in [-0.3, -0.25) is 4.79 Å². The Bertz CT molecular complexity index is 171. The standard InChI is InChI=1S/C7H13NO3/c8-7(6(10)11)3-1-2-5(9)4-7/h5,9H,1-4,8H2,(H,10,11)/t5?,7-/m0/s1. The van der Waals surface area contributed by atoms with Crippen LogP contribution in [0, 0.1) is 0 Å². The third-order valence-corrected chi connectivity index (χ3v) is 2.19. The second-order valence-electron chi connectivity index (χ2n) is 3.21. The van der Waals surface area contributed by atoms with Gasteiger partial charge in [0, 0.05) is 6.42 Å². The number of carbonyl (C=O) groups is 1. The third-order valence-electron chi connectivity index (χ3n) is 2.19. The van der Waals surface area contributed by atoms with Crippen LogP contribution in [-0.4, -0.2) is 27.8 Å². The van der Waals surface area contributed by atoms with Gasteiger partial charge in [0.2, 0.25) is 0 Å². The minimum absolute atomic E-state index is 0.183. The van der Waals surface area contributed by atoms with Crippen molar-refractivity contribution in [1.29, 1.82) is 0 Å². The lowest BCUT2D eigenvalue weighted by Gasteiger charge is -2.31. The molecule has 4 nitrogen and oxygen atoms in total. The number of aliphatic carboxylic acids is 1. The summed E-state index contributed by atoms with van der Waals surface area (Å²) in [7, 11) is 0. The van der Waals surface area contributed by atoms with Crippen LogP contribution in [-0.2, 0) is 4.79 Å². The van der Waals surface area contributed by atoms with Crippen molar-refractivity contribution in [2.24, 2.45) is 5.73 Å². The lowest BCUT2D eigenvalue weighted by molar-refractivity contribution is -0.146. The zero-order valence-electron chi connectivity index (χ0n) is 6.29. The minimum Gasteiger partial charge on any atom is -0.480 e. The van der Waals surface area contributed by atoms with Crippen LogP contribution in [0.15, 0.2) is 0 Å². The van der Waals surface area contributed by atoms with E-state index >= 15 is 0 Å². The molecule has 11 heavy (non-hydrogen) atoms. The number of aliphatic hydroxyl groups is 1. The first-order valence-electron chi connectivity index (χ1n) is 3.75. The van der Waals surface area contributed by atoms with E-state index in [9.17, 15) is 4.79 Å². The fourth-order valence-electron chi connectivity index (χ4n) is 1.47. The summed E-state index contributed by atoms with van der Waals surface area (Å²) in [5, 5.41) is 17.8. The lowest BCUT2D eigenvalue weighted by atomic mass is 9.81. The average Bonchev–Trinajstić information content (AvgIpc) is 1.86. The van der Waals surface area contributed by atoms with Gasteiger partial charge in [0.05, 0.1) is 6.10 Å². The summed E-state index contributed by atoms with van der Waals surface area (Å²) in [6.07, 6.45) is 1.49. The molecule has 4 heteroatoms. The fraction of sp³-hybridized carbons (Fsp3) is 0.857. The van der Waals surface area contributed by atoms with Gasteiger partial charge >= 0.3 is 5.97 Å². The van der Waals surface area contributed by atoms with Gasteiger partial charge in [-0.25, -0.2) is 0 Å². The molecule has 0 bridgehead atoms. The molecular weight excluding hydrogens is 146 g/mol. The van der Waals surface area contributed by atoms with Gasteiger partial charge in [-0.1, -0.05) is 0 Å². The van der Waals surface area contributed by atoms with Crippen LogP contribution in [0.25, 0.3) is 0 Å². The second kappa shape index (κ2) is 2.79. The number of carboxylic acid groups (broad SMARTS) is 1. The van der Waals surface area contributed by atoms with Gasteiger partial charge in [0.15, 0.2) is 0 Å². The molecule has 1 rings (SSSR count). The van der Waals surface area contributed by atoms with E-state index in [0.717, 1.165) is 0 Å². The minimum atomic E-state index is -1.18. The van der Waals surface area contributed by atoms with Gasteiger partial charge in [-0.15, -0.1) is 0 Å². The summed E-state index contributed by atoms with van der Waals surface area (Å²) < 4.78 is 0. The largest absolute Gasteiger partial charge is 0.480 e. The Morgan fingerprint density at radius 2 is 2.27 bits per heavy atom. The zero-order valence-corrected chi connectivity index (χ0v) is 6.29. The van der Waals surface area contributed by atoms with E-state index in [1.54, 1.807) is 0 Å². The van der Waals surface area contributed by atoms with Gasteiger partial charge in [-0.05, 0) is 19.3 Å². The Kier molecular flexibility index (Phi) is 2.15. The highest BCUT2D eigenvalue weighted by atomic mass is 16.4. The Hall–Kier alpha value is -0.610. The SMILES string of the molecule is N[C@@]1(C(=O)O)CCCC(O)C1. The molecule has 1 fully saturated rings. The predicted molar refractivity (Wildman–Crippen MR) is 39.0 cm³/mol. The lowest BCUT2D eigenvalue weighted by Crippen LogP contribution is -2.52. The van der Waals surface area contributed by atoms with E-state index in [2.05, 4.69) is 0 Å². The van der Waals surface area contributed by atoms with Crippen molar-refractivity contribution in [3.05, 3.63) is 0 Å². The molecule has 0 saturated heterocycles. The van der Waals surface area contributed by atoms with Crippen molar-refractivity contribution in [2.75, 3.05) is 0 Å². The normalized spacial score (nSPS) is 38.5. The molecule has 0 spiro atoms. The Morgan fingerprint density at radius 1 is 1.64 bits per heavy atom. The Balaban J connectivity index is 2.63. The number of carboxylic acids is 1. The van der Waals surface area contributed by atoms with Crippen molar-refractivity contribution in [2.45, 2.75) is 37.3 Å². The Morgan fingerprint density at radius 3 is 2.64 bits per heavy atom. The Labute approximate surface area is 65.0 Å². The maximum Gasteiger partial charge on any atom is 0.323 e. The molecule has 4 N–H and O–H groups in total. The fourth-order valence-corrected chi connectivity index (χ4v) is 1.47. The first-order chi connectivity index (χ1) is 5.04. The predicted octanol–water partition coefficient (Wildman–Crippen LogP) is -0.297. The van der Waals surface area contributed by atoms with Crippen LogP contribution >= 0.6 is 0 Å². The van der Waals surface area contributed by atoms with Crippen molar-refractivity contribution in [1.82, 2.24) is 0 Å². The highest BCUT2D eigenvalue weighted by molar-refractivity contribution is 5.78. The van der Waals surface area contributed by atoms with Crippen LogP contribution in [0.3, 0.4) is 0 Å². The molecule has 1 unspecified atom stereocenters. The summed E-state index contributed by atoms with van der Waals surface area (Å²) in [6.45, 7) is 0. The van der Waals surface area contributed by atoms with Crippen LogP contribution in [0.1, 0.15) is 25.7 Å². The molecule has 0 aromatic carbocycles. The quantitative estimate of drug-likeness (QED) is 0.490. The van der Waals surface area contributed by atoms with Crippen molar-refractivity contribution >= 4 is 5.97 Å². The zero-order chi connectivity index (χ0) is 8.48. The molecule has 1 saturated carbocycles. The molecule has 64 valence electrons. The van der Waals surface area contributed by atoms with Gasteiger partial charge < -0.3 is 15.9 Å². The number of aliphatic hydroxyl groups excluding tert-OH is 1. The molecule has 1 aliphatic carbocycles. The summed E-state index contributed by atoms with van der Waals surface area (Å²) in [4.78, 5) is 10.6. The van der Waals surface area contributed by atoms with Crippen LogP contribution in [0.5, 0.6) is 0 Å². The van der Waals surface area contributed by atoms with E-state index < -0.39 is 17.6 Å². The first-order valence-corrected chi connectivity index (χ1v) is 3.75. The average molecular weight is 159 g/mol. The first kappa shape index (κ1) is 8.49. The highest BCUT2D eigenvalue weighted by Gasteiger charge is 2.38. The maximum atomic E-state index is 10.6. The smallest absolute Gasteiger partial charge is 0.323 e. The molecule has 1 aliphatic rings. The van der Waals surface area contributed by atoms with Gasteiger partial charge in [0.25, 0.3) is 0 Å². The molecule has 0 radical (unpaired) electrons.